The lowest BCUT2D eigenvalue weighted by molar-refractivity contribution is 0.0916. The van der Waals surface area contributed by atoms with Gasteiger partial charge in [-0.05, 0) is 30.7 Å². The van der Waals surface area contributed by atoms with Crippen LogP contribution >= 0.6 is 0 Å². The molecule has 128 valence electrons. The molecule has 0 aliphatic carbocycles. The summed E-state index contributed by atoms with van der Waals surface area (Å²) in [5.41, 5.74) is 0.413. The quantitative estimate of drug-likeness (QED) is 0.870. The minimum atomic E-state index is -1.50. The van der Waals surface area contributed by atoms with Gasteiger partial charge in [-0.15, -0.1) is 0 Å². The molecule has 1 fully saturated rings. The molecule has 3 rings (SSSR count). The summed E-state index contributed by atoms with van der Waals surface area (Å²) in [7, 11) is 0. The van der Waals surface area contributed by atoms with E-state index in [-0.39, 0.29) is 17.3 Å². The third-order valence-corrected chi connectivity index (χ3v) is 4.24. The molecule has 5 nitrogen and oxygen atoms in total. The summed E-state index contributed by atoms with van der Waals surface area (Å²) in [5, 5.41) is 6.37. The zero-order valence-corrected chi connectivity index (χ0v) is 12.9. The van der Waals surface area contributed by atoms with Crippen LogP contribution in [0.2, 0.25) is 0 Å². The molecule has 2 atom stereocenters. The Hall–Kier alpha value is -2.35. The van der Waals surface area contributed by atoms with Crippen molar-refractivity contribution in [1.82, 2.24) is 15.4 Å². The normalized spacial score (nSPS) is 21.2. The van der Waals surface area contributed by atoms with Crippen molar-refractivity contribution < 1.29 is 22.5 Å². The molecule has 24 heavy (non-hydrogen) atoms. The van der Waals surface area contributed by atoms with Gasteiger partial charge in [-0.2, -0.15) is 0 Å². The molecule has 0 bridgehead atoms. The van der Waals surface area contributed by atoms with Gasteiger partial charge in [-0.1, -0.05) is 12.1 Å². The van der Waals surface area contributed by atoms with Crippen LogP contribution in [0.1, 0.15) is 35.4 Å². The SMILES string of the molecule is CCN1CC[C@@H](NC(=O)c2ccon2)[C@H]1c1cc(F)c(F)c(F)c1. The summed E-state index contributed by atoms with van der Waals surface area (Å²) in [4.78, 5) is 14.1. The third kappa shape index (κ3) is 3.01. The lowest BCUT2D eigenvalue weighted by atomic mass is 9.99. The Morgan fingerprint density at radius 2 is 2.08 bits per heavy atom. The van der Waals surface area contributed by atoms with Crippen LogP contribution in [0.3, 0.4) is 0 Å². The van der Waals surface area contributed by atoms with Crippen molar-refractivity contribution in [2.24, 2.45) is 0 Å². The van der Waals surface area contributed by atoms with Crippen LogP contribution in [0, 0.1) is 17.5 Å². The van der Waals surface area contributed by atoms with E-state index in [1.165, 1.54) is 12.3 Å². The number of halogens is 3. The predicted octanol–water partition coefficient (Wildman–Crippen LogP) is 2.66. The molecule has 1 aromatic heterocycles. The molecule has 0 spiro atoms. The van der Waals surface area contributed by atoms with Gasteiger partial charge < -0.3 is 9.84 Å². The van der Waals surface area contributed by atoms with E-state index in [1.54, 1.807) is 0 Å². The number of benzene rings is 1. The van der Waals surface area contributed by atoms with Crippen molar-refractivity contribution in [3.05, 3.63) is 53.2 Å². The number of carbonyl (C=O) groups is 1. The monoisotopic (exact) mass is 339 g/mol. The number of carbonyl (C=O) groups excluding carboxylic acids is 1. The number of nitrogens with one attached hydrogen (secondary N) is 1. The van der Waals surface area contributed by atoms with E-state index >= 15 is 0 Å². The van der Waals surface area contributed by atoms with Crippen molar-refractivity contribution in [3.8, 4) is 0 Å². The molecule has 0 unspecified atom stereocenters. The van der Waals surface area contributed by atoms with Gasteiger partial charge in [0.2, 0.25) is 0 Å². The number of amides is 1. The van der Waals surface area contributed by atoms with E-state index in [9.17, 15) is 18.0 Å². The Morgan fingerprint density at radius 3 is 2.67 bits per heavy atom. The second-order valence-electron chi connectivity index (χ2n) is 5.63. The fourth-order valence-corrected chi connectivity index (χ4v) is 3.12. The summed E-state index contributed by atoms with van der Waals surface area (Å²) < 4.78 is 45.0. The number of rotatable bonds is 4. The summed E-state index contributed by atoms with van der Waals surface area (Å²) in [6.45, 7) is 3.18. The van der Waals surface area contributed by atoms with Crippen molar-refractivity contribution in [2.45, 2.75) is 25.4 Å². The lowest BCUT2D eigenvalue weighted by Crippen LogP contribution is -2.40. The molecule has 1 saturated heterocycles. The van der Waals surface area contributed by atoms with Crippen LogP contribution in [0.4, 0.5) is 13.2 Å². The summed E-state index contributed by atoms with van der Waals surface area (Å²) in [5.74, 6) is -4.41. The molecule has 1 aromatic carbocycles. The predicted molar refractivity (Wildman–Crippen MR) is 78.7 cm³/mol. The number of hydrogen-bond donors (Lipinski definition) is 1. The van der Waals surface area contributed by atoms with Crippen LogP contribution in [-0.4, -0.2) is 35.1 Å². The maximum Gasteiger partial charge on any atom is 0.273 e. The Kier molecular flexibility index (Phi) is 4.57. The zero-order chi connectivity index (χ0) is 17.3. The average molecular weight is 339 g/mol. The second kappa shape index (κ2) is 6.64. The first-order valence-corrected chi connectivity index (χ1v) is 7.61. The van der Waals surface area contributed by atoms with Crippen LogP contribution in [0.25, 0.3) is 0 Å². The highest BCUT2D eigenvalue weighted by Crippen LogP contribution is 2.33. The first-order valence-electron chi connectivity index (χ1n) is 7.61. The topological polar surface area (TPSA) is 58.4 Å². The van der Waals surface area contributed by atoms with Gasteiger partial charge >= 0.3 is 0 Å². The number of hydrogen-bond acceptors (Lipinski definition) is 4. The zero-order valence-electron chi connectivity index (χ0n) is 12.9. The number of nitrogens with zero attached hydrogens (tertiary/aromatic N) is 2. The number of aromatic nitrogens is 1. The fraction of sp³-hybridized carbons (Fsp3) is 0.375. The maximum atomic E-state index is 13.6. The van der Waals surface area contributed by atoms with Gasteiger partial charge in [0.1, 0.15) is 6.26 Å². The van der Waals surface area contributed by atoms with Gasteiger partial charge in [0.05, 0.1) is 12.1 Å². The fourth-order valence-electron chi connectivity index (χ4n) is 3.12. The van der Waals surface area contributed by atoms with E-state index in [0.717, 1.165) is 12.1 Å². The Balaban J connectivity index is 1.88. The van der Waals surface area contributed by atoms with E-state index in [2.05, 4.69) is 15.0 Å². The molecule has 0 saturated carbocycles. The molecular formula is C16H16F3N3O2. The Bertz CT molecular complexity index is 713. The molecule has 1 N–H and O–H groups in total. The Labute approximate surface area is 136 Å². The average Bonchev–Trinajstić information content (AvgIpc) is 3.21. The summed E-state index contributed by atoms with van der Waals surface area (Å²) in [6.07, 6.45) is 1.88. The van der Waals surface area contributed by atoms with Gasteiger partial charge in [-0.25, -0.2) is 13.2 Å². The minimum Gasteiger partial charge on any atom is -0.364 e. The number of likely N-dealkylation sites (tertiary alicyclic amines) is 1. The van der Waals surface area contributed by atoms with Crippen LogP contribution in [0.15, 0.2) is 29.0 Å². The minimum absolute atomic E-state index is 0.125. The first kappa shape index (κ1) is 16.5. The molecule has 1 amide bonds. The molecular weight excluding hydrogens is 323 g/mol. The number of likely N-dealkylation sites (N-methyl/N-ethyl adjacent to an activating group) is 1. The third-order valence-electron chi connectivity index (χ3n) is 4.24. The van der Waals surface area contributed by atoms with E-state index in [1.807, 2.05) is 11.8 Å². The molecule has 1 aliphatic rings. The largest absolute Gasteiger partial charge is 0.364 e. The van der Waals surface area contributed by atoms with Crippen LogP contribution in [-0.2, 0) is 0 Å². The van der Waals surface area contributed by atoms with Crippen LogP contribution in [0.5, 0.6) is 0 Å². The van der Waals surface area contributed by atoms with E-state index in [0.29, 0.717) is 19.5 Å². The summed E-state index contributed by atoms with van der Waals surface area (Å²) in [6, 6.07) is 2.56. The molecule has 2 heterocycles. The highest BCUT2D eigenvalue weighted by atomic mass is 19.2. The maximum absolute atomic E-state index is 13.6. The van der Waals surface area contributed by atoms with Crippen molar-refractivity contribution >= 4 is 5.91 Å². The van der Waals surface area contributed by atoms with E-state index in [4.69, 9.17) is 0 Å². The molecule has 1 aliphatic heterocycles. The van der Waals surface area contributed by atoms with Gasteiger partial charge in [0, 0.05) is 12.6 Å². The van der Waals surface area contributed by atoms with Gasteiger partial charge in [-0.3, -0.25) is 9.69 Å². The molecule has 2 aromatic rings. The summed E-state index contributed by atoms with van der Waals surface area (Å²) >= 11 is 0. The van der Waals surface area contributed by atoms with Crippen molar-refractivity contribution in [2.75, 3.05) is 13.1 Å². The van der Waals surface area contributed by atoms with Gasteiger partial charge in [0.25, 0.3) is 5.91 Å². The Morgan fingerprint density at radius 1 is 1.38 bits per heavy atom. The lowest BCUT2D eigenvalue weighted by Gasteiger charge is -2.28. The van der Waals surface area contributed by atoms with Crippen molar-refractivity contribution in [3.63, 3.8) is 0 Å². The van der Waals surface area contributed by atoms with Gasteiger partial charge in [0.15, 0.2) is 23.1 Å². The molecule has 0 radical (unpaired) electrons. The smallest absolute Gasteiger partial charge is 0.273 e. The standard InChI is InChI=1S/C16H16F3N3O2/c1-2-22-5-3-12(20-16(23)13-4-6-24-21-13)15(22)9-7-10(17)14(19)11(18)8-9/h4,6-8,12,15H,2-3,5H2,1H3,(H,20,23)/t12-,15-/m1/s1. The highest BCUT2D eigenvalue weighted by Gasteiger charge is 2.36. The van der Waals surface area contributed by atoms with Crippen molar-refractivity contribution in [1.29, 1.82) is 0 Å². The first-order chi connectivity index (χ1) is 11.5. The van der Waals surface area contributed by atoms with E-state index < -0.39 is 29.4 Å². The second-order valence-corrected chi connectivity index (χ2v) is 5.63. The van der Waals surface area contributed by atoms with Crippen LogP contribution < -0.4 is 5.32 Å². The highest BCUT2D eigenvalue weighted by molar-refractivity contribution is 5.92. The molecule has 8 heteroatoms.